The van der Waals surface area contributed by atoms with E-state index in [1.165, 1.54) is 13.0 Å². The molecule has 1 aromatic heterocycles. The number of fused-ring (bicyclic) bond motifs is 1. The van der Waals surface area contributed by atoms with Crippen LogP contribution in [0.15, 0.2) is 41.2 Å². The fourth-order valence-electron chi connectivity index (χ4n) is 4.13. The third-order valence-electron chi connectivity index (χ3n) is 6.15. The third kappa shape index (κ3) is 4.63. The molecule has 0 radical (unpaired) electrons. The SMILES string of the molecule is Cc1nc2cc(C(F)(F)F)c(C(C)N(C)c3ccc(C(=O)N4CCOCC4)cc3)cc2c(=O)[nH]1. The fraction of sp³-hybridized carbons (Fsp3) is 0.375. The molecular weight excluding hydrogens is 449 g/mol. The number of aromatic nitrogens is 2. The van der Waals surface area contributed by atoms with Gasteiger partial charge in [0, 0.05) is 31.4 Å². The van der Waals surface area contributed by atoms with Crippen LogP contribution >= 0.6 is 0 Å². The normalized spacial score (nSPS) is 15.4. The number of rotatable bonds is 4. The number of anilines is 1. The Morgan fingerprint density at radius 2 is 1.82 bits per heavy atom. The topological polar surface area (TPSA) is 78.5 Å². The van der Waals surface area contributed by atoms with Crippen LogP contribution in [0, 0.1) is 6.92 Å². The van der Waals surface area contributed by atoms with Gasteiger partial charge in [0.2, 0.25) is 0 Å². The molecule has 4 rings (SSSR count). The molecule has 1 fully saturated rings. The first-order chi connectivity index (χ1) is 16.1. The Hall–Kier alpha value is -3.40. The van der Waals surface area contributed by atoms with Crippen LogP contribution in [0.1, 0.15) is 40.3 Å². The number of amides is 1. The number of H-pyrrole nitrogens is 1. The molecule has 1 aliphatic heterocycles. The third-order valence-corrected chi connectivity index (χ3v) is 6.15. The van der Waals surface area contributed by atoms with Gasteiger partial charge in [0.05, 0.1) is 35.7 Å². The number of nitrogens with one attached hydrogen (secondary N) is 1. The summed E-state index contributed by atoms with van der Waals surface area (Å²) in [6, 6.07) is 8.22. The second kappa shape index (κ2) is 9.09. The fourth-order valence-corrected chi connectivity index (χ4v) is 4.13. The summed E-state index contributed by atoms with van der Waals surface area (Å²) in [5, 5.41) is 0.0975. The summed E-state index contributed by atoms with van der Waals surface area (Å²) < 4.78 is 47.1. The maximum Gasteiger partial charge on any atom is 0.416 e. The standard InChI is InChI=1S/C24H25F3N4O3/c1-14(18-12-19-21(13-20(18)24(25,26)27)28-15(2)29-22(19)32)30(3)17-6-4-16(5-7-17)23(33)31-8-10-34-11-9-31/h4-7,12-14H,8-11H2,1-3H3,(H,28,29,32). The lowest BCUT2D eigenvalue weighted by molar-refractivity contribution is -0.138. The number of hydrogen-bond acceptors (Lipinski definition) is 5. The second-order valence-electron chi connectivity index (χ2n) is 8.34. The van der Waals surface area contributed by atoms with Crippen molar-refractivity contribution < 1.29 is 22.7 Å². The highest BCUT2D eigenvalue weighted by atomic mass is 19.4. The average Bonchev–Trinajstić information content (AvgIpc) is 2.82. The van der Waals surface area contributed by atoms with Crippen molar-refractivity contribution in [3.8, 4) is 0 Å². The quantitative estimate of drug-likeness (QED) is 0.620. The molecule has 1 atom stereocenters. The average molecular weight is 474 g/mol. The minimum Gasteiger partial charge on any atom is -0.378 e. The van der Waals surface area contributed by atoms with Crippen LogP contribution in [-0.4, -0.2) is 54.1 Å². The molecule has 3 aromatic rings. The smallest absolute Gasteiger partial charge is 0.378 e. The van der Waals surface area contributed by atoms with E-state index in [0.717, 1.165) is 6.07 Å². The number of benzene rings is 2. The molecule has 34 heavy (non-hydrogen) atoms. The minimum atomic E-state index is -4.62. The molecule has 180 valence electrons. The molecule has 0 saturated carbocycles. The zero-order valence-electron chi connectivity index (χ0n) is 19.1. The first-order valence-electron chi connectivity index (χ1n) is 10.9. The van der Waals surface area contributed by atoms with Crippen LogP contribution in [0.2, 0.25) is 0 Å². The number of ether oxygens (including phenoxy) is 1. The predicted octanol–water partition coefficient (Wildman–Crippen LogP) is 3.92. The van der Waals surface area contributed by atoms with E-state index >= 15 is 0 Å². The highest BCUT2D eigenvalue weighted by molar-refractivity contribution is 5.94. The first-order valence-corrected chi connectivity index (χ1v) is 10.9. The molecule has 7 nitrogen and oxygen atoms in total. The minimum absolute atomic E-state index is 0.00171. The van der Waals surface area contributed by atoms with Gasteiger partial charge in [0.1, 0.15) is 5.82 Å². The monoisotopic (exact) mass is 474 g/mol. The molecule has 10 heteroatoms. The van der Waals surface area contributed by atoms with Crippen molar-refractivity contribution in [2.45, 2.75) is 26.1 Å². The van der Waals surface area contributed by atoms with Gasteiger partial charge < -0.3 is 19.5 Å². The molecule has 0 bridgehead atoms. The number of hydrogen-bond donors (Lipinski definition) is 1. The highest BCUT2D eigenvalue weighted by Crippen LogP contribution is 2.38. The van der Waals surface area contributed by atoms with E-state index in [-0.39, 0.29) is 28.2 Å². The highest BCUT2D eigenvalue weighted by Gasteiger charge is 2.36. The summed E-state index contributed by atoms with van der Waals surface area (Å²) in [5.74, 6) is 0.136. The van der Waals surface area contributed by atoms with Crippen LogP contribution in [0.4, 0.5) is 18.9 Å². The summed E-state index contributed by atoms with van der Waals surface area (Å²) in [5.41, 5.74) is -0.226. The van der Waals surface area contributed by atoms with Gasteiger partial charge >= 0.3 is 6.18 Å². The number of aromatic amines is 1. The summed E-state index contributed by atoms with van der Waals surface area (Å²) >= 11 is 0. The van der Waals surface area contributed by atoms with Crippen LogP contribution in [0.25, 0.3) is 10.9 Å². The van der Waals surface area contributed by atoms with E-state index in [9.17, 15) is 22.8 Å². The predicted molar refractivity (Wildman–Crippen MR) is 122 cm³/mol. The van der Waals surface area contributed by atoms with E-state index in [4.69, 9.17) is 4.74 Å². The maximum absolute atomic E-state index is 13.9. The van der Waals surface area contributed by atoms with Crippen molar-refractivity contribution in [2.75, 3.05) is 38.3 Å². The Morgan fingerprint density at radius 3 is 2.44 bits per heavy atom. The van der Waals surface area contributed by atoms with Crippen molar-refractivity contribution in [3.63, 3.8) is 0 Å². The van der Waals surface area contributed by atoms with E-state index in [2.05, 4.69) is 9.97 Å². The Balaban J connectivity index is 1.66. The Bertz CT molecular complexity index is 1270. The van der Waals surface area contributed by atoms with Crippen molar-refractivity contribution in [2.24, 2.45) is 0 Å². The zero-order chi connectivity index (χ0) is 24.6. The van der Waals surface area contributed by atoms with Crippen LogP contribution in [0.5, 0.6) is 0 Å². The van der Waals surface area contributed by atoms with Crippen molar-refractivity contribution in [1.29, 1.82) is 0 Å². The number of halogens is 3. The van der Waals surface area contributed by atoms with Gasteiger partial charge in [-0.25, -0.2) is 4.98 Å². The molecule has 1 aliphatic rings. The van der Waals surface area contributed by atoms with E-state index in [1.54, 1.807) is 48.0 Å². The van der Waals surface area contributed by atoms with Gasteiger partial charge in [-0.15, -0.1) is 0 Å². The number of carbonyl (C=O) groups excluding carboxylic acids is 1. The van der Waals surface area contributed by atoms with Crippen LogP contribution < -0.4 is 10.5 Å². The lowest BCUT2D eigenvalue weighted by atomic mass is 9.97. The molecule has 2 aromatic carbocycles. The number of carbonyl (C=O) groups is 1. The van der Waals surface area contributed by atoms with Gasteiger partial charge in [0.25, 0.3) is 11.5 Å². The molecule has 0 spiro atoms. The molecule has 2 heterocycles. The molecule has 1 N–H and O–H groups in total. The van der Waals surface area contributed by atoms with Gasteiger partial charge in [-0.2, -0.15) is 13.2 Å². The summed E-state index contributed by atoms with van der Waals surface area (Å²) in [7, 11) is 1.67. The number of nitrogens with zero attached hydrogens (tertiary/aromatic N) is 3. The van der Waals surface area contributed by atoms with Crippen molar-refractivity contribution >= 4 is 22.5 Å². The van der Waals surface area contributed by atoms with Gasteiger partial charge in [-0.05, 0) is 55.8 Å². The number of aryl methyl sites for hydroxylation is 1. The first kappa shape index (κ1) is 23.7. The largest absolute Gasteiger partial charge is 0.416 e. The maximum atomic E-state index is 13.9. The lowest BCUT2D eigenvalue weighted by Gasteiger charge is -2.30. The Kier molecular flexibility index (Phi) is 6.35. The van der Waals surface area contributed by atoms with Gasteiger partial charge in [0.15, 0.2) is 0 Å². The number of morpholine rings is 1. The molecule has 1 unspecified atom stereocenters. The second-order valence-corrected chi connectivity index (χ2v) is 8.34. The van der Waals surface area contributed by atoms with Crippen LogP contribution in [0.3, 0.4) is 0 Å². The molecule has 0 aliphatic carbocycles. The van der Waals surface area contributed by atoms with Gasteiger partial charge in [-0.3, -0.25) is 9.59 Å². The zero-order valence-corrected chi connectivity index (χ0v) is 19.1. The van der Waals surface area contributed by atoms with E-state index in [0.29, 0.717) is 37.6 Å². The van der Waals surface area contributed by atoms with Gasteiger partial charge in [-0.1, -0.05) is 0 Å². The molecular formula is C24H25F3N4O3. The lowest BCUT2D eigenvalue weighted by Crippen LogP contribution is -2.40. The molecule has 1 amide bonds. The summed E-state index contributed by atoms with van der Waals surface area (Å²) in [6.07, 6.45) is -4.62. The summed E-state index contributed by atoms with van der Waals surface area (Å²) in [6.45, 7) is 5.19. The van der Waals surface area contributed by atoms with E-state index in [1.807, 2.05) is 0 Å². The van der Waals surface area contributed by atoms with E-state index < -0.39 is 23.3 Å². The van der Waals surface area contributed by atoms with Crippen LogP contribution in [-0.2, 0) is 10.9 Å². The summed E-state index contributed by atoms with van der Waals surface area (Å²) in [4.78, 5) is 35.0. The Labute approximate surface area is 194 Å². The van der Waals surface area contributed by atoms with Crippen molar-refractivity contribution in [3.05, 3.63) is 69.3 Å². The Morgan fingerprint density at radius 1 is 1.18 bits per heavy atom. The van der Waals surface area contributed by atoms with Crippen molar-refractivity contribution in [1.82, 2.24) is 14.9 Å². The molecule has 1 saturated heterocycles. The number of alkyl halides is 3.